The van der Waals surface area contributed by atoms with Crippen molar-refractivity contribution in [3.63, 3.8) is 0 Å². The molecule has 6 heteroatoms. The molecule has 100 valence electrons. The monoisotopic (exact) mass is 354 g/mol. The first-order chi connectivity index (χ1) is 7.67. The maximum Gasteiger partial charge on any atom is 0.241 e. The van der Waals surface area contributed by atoms with Crippen molar-refractivity contribution in [2.24, 2.45) is 10.9 Å². The predicted octanol–water partition coefficient (Wildman–Crippen LogP) is 0.704. The maximum absolute atomic E-state index is 11.2. The molecule has 0 heterocycles. The molecule has 2 atom stereocenters. The third-order valence-electron chi connectivity index (χ3n) is 2.53. The van der Waals surface area contributed by atoms with Crippen molar-refractivity contribution < 1.29 is 4.79 Å². The summed E-state index contributed by atoms with van der Waals surface area (Å²) in [6.45, 7) is 7.76. The van der Waals surface area contributed by atoms with Crippen LogP contribution >= 0.6 is 24.0 Å². The minimum atomic E-state index is -0.0384. The van der Waals surface area contributed by atoms with Crippen LogP contribution in [0.2, 0.25) is 0 Å². The van der Waals surface area contributed by atoms with E-state index in [1.54, 1.807) is 0 Å². The summed E-state index contributed by atoms with van der Waals surface area (Å²) in [5.41, 5.74) is 0. The van der Waals surface area contributed by atoms with Crippen LogP contribution in [0.4, 0.5) is 0 Å². The first-order valence-electron chi connectivity index (χ1n) is 5.98. The number of nitrogens with zero attached hydrogens (tertiary/aromatic N) is 1. The summed E-state index contributed by atoms with van der Waals surface area (Å²) in [4.78, 5) is 15.5. The highest BCUT2D eigenvalue weighted by Gasteiger charge is 2.33. The minimum Gasteiger partial charge on any atom is -0.357 e. The van der Waals surface area contributed by atoms with Gasteiger partial charge < -0.3 is 16.0 Å². The number of aliphatic imine (C=N–C) groups is 1. The number of amides is 1. The van der Waals surface area contributed by atoms with E-state index in [0.717, 1.165) is 12.5 Å². The van der Waals surface area contributed by atoms with E-state index in [9.17, 15) is 4.79 Å². The average Bonchev–Trinajstić information content (AvgIpc) is 2.92. The zero-order valence-electron chi connectivity index (χ0n) is 10.7. The Kier molecular flexibility index (Phi) is 8.28. The highest BCUT2D eigenvalue weighted by Crippen LogP contribution is 2.28. The Morgan fingerprint density at radius 1 is 1.29 bits per heavy atom. The smallest absolute Gasteiger partial charge is 0.241 e. The number of carbonyl (C=O) groups excluding carboxylic acids is 1. The summed E-state index contributed by atoms with van der Waals surface area (Å²) in [6, 6.07) is 0.520. The number of carbonyl (C=O) groups is 1. The Labute approximate surface area is 120 Å². The topological polar surface area (TPSA) is 65.5 Å². The lowest BCUT2D eigenvalue weighted by Gasteiger charge is -2.10. The van der Waals surface area contributed by atoms with Gasteiger partial charge in [0.25, 0.3) is 0 Å². The first-order valence-corrected chi connectivity index (χ1v) is 5.98. The van der Waals surface area contributed by atoms with Crippen molar-refractivity contribution in [2.75, 3.05) is 19.6 Å². The summed E-state index contributed by atoms with van der Waals surface area (Å²) >= 11 is 0. The molecular weight excluding hydrogens is 331 g/mol. The van der Waals surface area contributed by atoms with Crippen molar-refractivity contribution in [2.45, 2.75) is 33.2 Å². The average molecular weight is 354 g/mol. The van der Waals surface area contributed by atoms with Gasteiger partial charge in [-0.3, -0.25) is 4.79 Å². The molecule has 1 fully saturated rings. The van der Waals surface area contributed by atoms with Crippen molar-refractivity contribution in [3.8, 4) is 0 Å². The lowest BCUT2D eigenvalue weighted by atomic mass is 10.5. The molecule has 0 saturated heterocycles. The predicted molar refractivity (Wildman–Crippen MR) is 80.8 cm³/mol. The molecule has 0 aromatic rings. The number of halogens is 1. The molecule has 1 aliphatic rings. The van der Waals surface area contributed by atoms with Crippen molar-refractivity contribution >= 4 is 35.8 Å². The maximum atomic E-state index is 11.2. The molecule has 0 aromatic carbocycles. The van der Waals surface area contributed by atoms with E-state index in [2.05, 4.69) is 27.9 Å². The Bertz CT molecular complexity index is 270. The number of guanidine groups is 1. The number of nitrogens with one attached hydrogen (secondary N) is 3. The number of hydrogen-bond donors (Lipinski definition) is 3. The van der Waals surface area contributed by atoms with Gasteiger partial charge in [-0.1, -0.05) is 6.92 Å². The van der Waals surface area contributed by atoms with Gasteiger partial charge in [0.1, 0.15) is 6.54 Å². The molecule has 1 saturated carbocycles. The van der Waals surface area contributed by atoms with Crippen LogP contribution in [-0.4, -0.2) is 37.5 Å². The standard InChI is InChI=1S/C11H22N4O.HI/c1-4-12-10(16)7-14-11(13-5-2)15-9-6-8(9)3;/h8-9H,4-7H2,1-3H3,(H,12,16)(H2,13,14,15);1H. The second kappa shape index (κ2) is 8.54. The van der Waals surface area contributed by atoms with Crippen LogP contribution in [0.3, 0.4) is 0 Å². The summed E-state index contributed by atoms with van der Waals surface area (Å²) < 4.78 is 0. The molecule has 0 radical (unpaired) electrons. The third kappa shape index (κ3) is 6.70. The van der Waals surface area contributed by atoms with Crippen LogP contribution in [0, 0.1) is 5.92 Å². The zero-order chi connectivity index (χ0) is 12.0. The van der Waals surface area contributed by atoms with Gasteiger partial charge in [-0.2, -0.15) is 0 Å². The Hall–Kier alpha value is -0.530. The van der Waals surface area contributed by atoms with Crippen LogP contribution in [0.25, 0.3) is 0 Å². The number of rotatable bonds is 5. The van der Waals surface area contributed by atoms with E-state index in [0.29, 0.717) is 18.5 Å². The van der Waals surface area contributed by atoms with Gasteiger partial charge in [-0.15, -0.1) is 24.0 Å². The molecule has 1 aliphatic carbocycles. The van der Waals surface area contributed by atoms with E-state index in [4.69, 9.17) is 0 Å². The van der Waals surface area contributed by atoms with Gasteiger partial charge in [0, 0.05) is 19.1 Å². The number of hydrogen-bond acceptors (Lipinski definition) is 2. The summed E-state index contributed by atoms with van der Waals surface area (Å²) in [7, 11) is 0. The fourth-order valence-electron chi connectivity index (χ4n) is 1.42. The molecule has 5 nitrogen and oxygen atoms in total. The van der Waals surface area contributed by atoms with Crippen LogP contribution in [0.1, 0.15) is 27.2 Å². The Balaban J connectivity index is 0.00000256. The molecule has 0 spiro atoms. The molecule has 1 amide bonds. The first kappa shape index (κ1) is 16.5. The van der Waals surface area contributed by atoms with E-state index < -0.39 is 0 Å². The Morgan fingerprint density at radius 3 is 2.35 bits per heavy atom. The summed E-state index contributed by atoms with van der Waals surface area (Å²) in [5, 5.41) is 9.15. The van der Waals surface area contributed by atoms with Gasteiger partial charge in [-0.05, 0) is 26.2 Å². The minimum absolute atomic E-state index is 0. The van der Waals surface area contributed by atoms with E-state index in [1.807, 2.05) is 13.8 Å². The highest BCUT2D eigenvalue weighted by atomic mass is 127. The van der Waals surface area contributed by atoms with Gasteiger partial charge in [0.05, 0.1) is 0 Å². The van der Waals surface area contributed by atoms with Gasteiger partial charge in [0.15, 0.2) is 5.96 Å². The fourth-order valence-corrected chi connectivity index (χ4v) is 1.42. The van der Waals surface area contributed by atoms with Crippen LogP contribution < -0.4 is 16.0 Å². The molecule has 0 aromatic heterocycles. The Morgan fingerprint density at radius 2 is 1.88 bits per heavy atom. The molecule has 3 N–H and O–H groups in total. The van der Waals surface area contributed by atoms with Crippen LogP contribution in [0.15, 0.2) is 4.99 Å². The SMILES string of the molecule is CCNC(=O)CN=C(NCC)NC1CC1C.I. The van der Waals surface area contributed by atoms with E-state index in [1.165, 1.54) is 6.42 Å². The van der Waals surface area contributed by atoms with E-state index >= 15 is 0 Å². The van der Waals surface area contributed by atoms with Gasteiger partial charge in [0.2, 0.25) is 5.91 Å². The van der Waals surface area contributed by atoms with E-state index in [-0.39, 0.29) is 36.4 Å². The van der Waals surface area contributed by atoms with Crippen molar-refractivity contribution in [1.82, 2.24) is 16.0 Å². The van der Waals surface area contributed by atoms with Crippen molar-refractivity contribution in [1.29, 1.82) is 0 Å². The largest absolute Gasteiger partial charge is 0.357 e. The zero-order valence-corrected chi connectivity index (χ0v) is 13.1. The summed E-state index contributed by atoms with van der Waals surface area (Å²) in [5.74, 6) is 1.42. The fraction of sp³-hybridized carbons (Fsp3) is 0.818. The second-order valence-corrected chi connectivity index (χ2v) is 4.11. The van der Waals surface area contributed by atoms with Crippen LogP contribution in [0.5, 0.6) is 0 Å². The number of likely N-dealkylation sites (N-methyl/N-ethyl adjacent to an activating group) is 1. The molecular formula is C11H23IN4O. The quantitative estimate of drug-likeness (QED) is 0.387. The lowest BCUT2D eigenvalue weighted by molar-refractivity contribution is -0.119. The van der Waals surface area contributed by atoms with Gasteiger partial charge >= 0.3 is 0 Å². The van der Waals surface area contributed by atoms with Crippen LogP contribution in [-0.2, 0) is 4.79 Å². The third-order valence-corrected chi connectivity index (χ3v) is 2.53. The molecule has 17 heavy (non-hydrogen) atoms. The molecule has 2 unspecified atom stereocenters. The van der Waals surface area contributed by atoms with Crippen molar-refractivity contribution in [3.05, 3.63) is 0 Å². The molecule has 0 aliphatic heterocycles. The molecule has 1 rings (SSSR count). The highest BCUT2D eigenvalue weighted by molar-refractivity contribution is 14.0. The second-order valence-electron chi connectivity index (χ2n) is 4.11. The summed E-state index contributed by atoms with van der Waals surface area (Å²) in [6.07, 6.45) is 1.19. The lowest BCUT2D eigenvalue weighted by Crippen LogP contribution is -2.40. The van der Waals surface area contributed by atoms with Gasteiger partial charge in [-0.25, -0.2) is 4.99 Å². The molecule has 0 bridgehead atoms. The normalized spacial score (nSPS) is 22.4.